The van der Waals surface area contributed by atoms with E-state index in [0.717, 1.165) is 22.5 Å². The van der Waals surface area contributed by atoms with Gasteiger partial charge in [-0.15, -0.1) is 0 Å². The van der Waals surface area contributed by atoms with Gasteiger partial charge in [0.05, 0.1) is 28.3 Å². The second-order valence-electron chi connectivity index (χ2n) is 7.31. The molecule has 138 valence electrons. The van der Waals surface area contributed by atoms with E-state index in [1.54, 1.807) is 6.20 Å². The summed E-state index contributed by atoms with van der Waals surface area (Å²) in [5.41, 5.74) is 4.15. The molecule has 2 aromatic carbocycles. The molecule has 3 rings (SSSR count). The standard InChI is InChI=1S/C23H23ClN2O/c1-23(2,16-27)14-21-20(24)13-19(15-25-21)26-22(17-9-5-3-6-10-17)18-11-7-4-8-12-18/h3-13,15,27H,14,16H2,1-2H3. The van der Waals surface area contributed by atoms with Crippen LogP contribution in [0.25, 0.3) is 0 Å². The summed E-state index contributed by atoms with van der Waals surface area (Å²) in [7, 11) is 0. The summed E-state index contributed by atoms with van der Waals surface area (Å²) >= 11 is 6.45. The quantitative estimate of drug-likeness (QED) is 0.578. The first-order chi connectivity index (χ1) is 13.0. The minimum Gasteiger partial charge on any atom is -0.396 e. The zero-order valence-electron chi connectivity index (χ0n) is 15.6. The Bertz CT molecular complexity index is 880. The molecule has 0 radical (unpaired) electrons. The van der Waals surface area contributed by atoms with Crippen LogP contribution in [0.3, 0.4) is 0 Å². The van der Waals surface area contributed by atoms with Gasteiger partial charge in [0.2, 0.25) is 0 Å². The molecule has 0 amide bonds. The Morgan fingerprint density at radius 1 is 1.00 bits per heavy atom. The van der Waals surface area contributed by atoms with Crippen LogP contribution in [0.5, 0.6) is 0 Å². The van der Waals surface area contributed by atoms with Crippen molar-refractivity contribution in [1.29, 1.82) is 0 Å². The van der Waals surface area contributed by atoms with Crippen LogP contribution in [0.4, 0.5) is 5.69 Å². The Hall–Kier alpha value is -2.49. The molecule has 0 aliphatic carbocycles. The highest BCUT2D eigenvalue weighted by atomic mass is 35.5. The van der Waals surface area contributed by atoms with Crippen molar-refractivity contribution in [2.24, 2.45) is 10.4 Å². The summed E-state index contributed by atoms with van der Waals surface area (Å²) in [6, 6.07) is 22.0. The maximum Gasteiger partial charge on any atom is 0.0835 e. The fraction of sp³-hybridized carbons (Fsp3) is 0.217. The third kappa shape index (κ3) is 5.03. The lowest BCUT2D eigenvalue weighted by atomic mass is 9.89. The number of hydrogen-bond donors (Lipinski definition) is 1. The molecular formula is C23H23ClN2O. The molecule has 3 nitrogen and oxygen atoms in total. The number of halogens is 1. The van der Waals surface area contributed by atoms with Gasteiger partial charge in [-0.1, -0.05) is 86.1 Å². The highest BCUT2D eigenvalue weighted by Crippen LogP contribution is 2.28. The highest BCUT2D eigenvalue weighted by Gasteiger charge is 2.20. The van der Waals surface area contributed by atoms with Crippen molar-refractivity contribution in [3.8, 4) is 0 Å². The molecule has 0 aliphatic rings. The molecule has 1 heterocycles. The van der Waals surface area contributed by atoms with Crippen molar-refractivity contribution in [2.45, 2.75) is 20.3 Å². The van der Waals surface area contributed by atoms with Gasteiger partial charge >= 0.3 is 0 Å². The van der Waals surface area contributed by atoms with E-state index >= 15 is 0 Å². The molecule has 0 spiro atoms. The van der Waals surface area contributed by atoms with Crippen LogP contribution in [-0.4, -0.2) is 22.4 Å². The van der Waals surface area contributed by atoms with Crippen LogP contribution in [0, 0.1) is 5.41 Å². The van der Waals surface area contributed by atoms with Crippen molar-refractivity contribution in [2.75, 3.05) is 6.61 Å². The predicted octanol–water partition coefficient (Wildman–Crippen LogP) is 5.47. The van der Waals surface area contributed by atoms with E-state index < -0.39 is 0 Å². The monoisotopic (exact) mass is 378 g/mol. The summed E-state index contributed by atoms with van der Waals surface area (Å²) < 4.78 is 0. The lowest BCUT2D eigenvalue weighted by Crippen LogP contribution is -2.20. The summed E-state index contributed by atoms with van der Waals surface area (Å²) in [4.78, 5) is 9.34. The van der Waals surface area contributed by atoms with Gasteiger partial charge in [0, 0.05) is 17.7 Å². The van der Waals surface area contributed by atoms with Crippen LogP contribution >= 0.6 is 11.6 Å². The minimum atomic E-state index is -0.263. The van der Waals surface area contributed by atoms with E-state index in [2.05, 4.69) is 4.98 Å². The van der Waals surface area contributed by atoms with E-state index in [1.165, 1.54) is 0 Å². The molecular weight excluding hydrogens is 356 g/mol. The summed E-state index contributed by atoms with van der Waals surface area (Å²) in [5, 5.41) is 10.0. The molecule has 0 saturated carbocycles. The van der Waals surface area contributed by atoms with Crippen molar-refractivity contribution in [1.82, 2.24) is 4.98 Å². The number of aliphatic imine (C=N–C) groups is 1. The van der Waals surface area contributed by atoms with Gasteiger partial charge in [-0.3, -0.25) is 4.98 Å². The van der Waals surface area contributed by atoms with E-state index in [9.17, 15) is 5.11 Å². The second-order valence-corrected chi connectivity index (χ2v) is 7.72. The summed E-state index contributed by atoms with van der Waals surface area (Å²) in [6.07, 6.45) is 2.34. The Labute approximate surface area is 165 Å². The number of aliphatic hydroxyl groups is 1. The molecule has 0 fully saturated rings. The van der Waals surface area contributed by atoms with Gasteiger partial charge in [0.25, 0.3) is 0 Å². The molecule has 4 heteroatoms. The van der Waals surface area contributed by atoms with Crippen LogP contribution in [-0.2, 0) is 6.42 Å². The van der Waals surface area contributed by atoms with Gasteiger partial charge < -0.3 is 5.11 Å². The van der Waals surface area contributed by atoms with Crippen molar-refractivity contribution < 1.29 is 5.11 Å². The first kappa shape index (κ1) is 19.3. The third-order valence-electron chi connectivity index (χ3n) is 4.31. The van der Waals surface area contributed by atoms with Crippen LogP contribution in [0.1, 0.15) is 30.7 Å². The fourth-order valence-corrected chi connectivity index (χ4v) is 3.00. The number of aromatic nitrogens is 1. The third-order valence-corrected chi connectivity index (χ3v) is 4.64. The van der Waals surface area contributed by atoms with Crippen LogP contribution in [0.15, 0.2) is 77.9 Å². The van der Waals surface area contributed by atoms with Gasteiger partial charge in [-0.25, -0.2) is 4.99 Å². The molecule has 0 atom stereocenters. The average molecular weight is 379 g/mol. The lowest BCUT2D eigenvalue weighted by Gasteiger charge is -2.21. The highest BCUT2D eigenvalue weighted by molar-refractivity contribution is 6.31. The molecule has 0 saturated heterocycles. The second kappa shape index (κ2) is 8.47. The van der Waals surface area contributed by atoms with Gasteiger partial charge in [0.1, 0.15) is 0 Å². The molecule has 1 aromatic heterocycles. The normalized spacial score (nSPS) is 11.3. The van der Waals surface area contributed by atoms with Crippen molar-refractivity contribution in [3.05, 3.63) is 94.8 Å². The Kier molecular flexibility index (Phi) is 6.04. The maximum absolute atomic E-state index is 9.48. The van der Waals surface area contributed by atoms with Crippen LogP contribution in [0.2, 0.25) is 5.02 Å². The van der Waals surface area contributed by atoms with Crippen molar-refractivity contribution in [3.63, 3.8) is 0 Å². The average Bonchev–Trinajstić information content (AvgIpc) is 2.69. The maximum atomic E-state index is 9.48. The summed E-state index contributed by atoms with van der Waals surface area (Å²) in [5.74, 6) is 0. The van der Waals surface area contributed by atoms with E-state index in [-0.39, 0.29) is 12.0 Å². The Morgan fingerprint density at radius 2 is 1.56 bits per heavy atom. The molecule has 3 aromatic rings. The molecule has 27 heavy (non-hydrogen) atoms. The number of aliphatic hydroxyl groups excluding tert-OH is 1. The summed E-state index contributed by atoms with van der Waals surface area (Å²) in [6.45, 7) is 4.05. The smallest absolute Gasteiger partial charge is 0.0835 e. The van der Waals surface area contributed by atoms with Crippen molar-refractivity contribution >= 4 is 23.0 Å². The predicted molar refractivity (Wildman–Crippen MR) is 112 cm³/mol. The van der Waals surface area contributed by atoms with Crippen LogP contribution < -0.4 is 0 Å². The largest absolute Gasteiger partial charge is 0.396 e. The number of benzene rings is 2. The number of rotatable bonds is 6. The Balaban J connectivity index is 2.00. The van der Waals surface area contributed by atoms with Gasteiger partial charge in [-0.2, -0.15) is 0 Å². The first-order valence-corrected chi connectivity index (χ1v) is 9.31. The molecule has 0 bridgehead atoms. The number of pyridine rings is 1. The van der Waals surface area contributed by atoms with E-state index in [1.807, 2.05) is 80.6 Å². The lowest BCUT2D eigenvalue weighted by molar-refractivity contribution is 0.158. The Morgan fingerprint density at radius 3 is 2.04 bits per heavy atom. The topological polar surface area (TPSA) is 45.5 Å². The van der Waals surface area contributed by atoms with E-state index in [0.29, 0.717) is 17.1 Å². The first-order valence-electron chi connectivity index (χ1n) is 8.93. The zero-order chi connectivity index (χ0) is 19.3. The fourth-order valence-electron chi connectivity index (χ4n) is 2.77. The molecule has 0 unspecified atom stereocenters. The van der Waals surface area contributed by atoms with E-state index in [4.69, 9.17) is 16.6 Å². The molecule has 0 aliphatic heterocycles. The number of hydrogen-bond acceptors (Lipinski definition) is 3. The SMILES string of the molecule is CC(C)(CO)Cc1ncc(N=C(c2ccccc2)c2ccccc2)cc1Cl. The van der Waals surface area contributed by atoms with Gasteiger partial charge in [-0.05, 0) is 17.9 Å². The number of nitrogens with zero attached hydrogens (tertiary/aromatic N) is 2. The zero-order valence-corrected chi connectivity index (χ0v) is 16.3. The molecule has 1 N–H and O–H groups in total. The van der Waals surface area contributed by atoms with Gasteiger partial charge in [0.15, 0.2) is 0 Å². The minimum absolute atomic E-state index is 0.0804.